The molecule has 2 aromatic heterocycles. The van der Waals surface area contributed by atoms with Gasteiger partial charge in [-0.05, 0) is 42.2 Å². The number of halogens is 1. The lowest BCUT2D eigenvalue weighted by molar-refractivity contribution is 0.764. The molecule has 3 aromatic rings. The predicted octanol–water partition coefficient (Wildman–Crippen LogP) is 2.17. The number of guanidine groups is 1. The molecule has 2 N–H and O–H groups in total. The summed E-state index contributed by atoms with van der Waals surface area (Å²) in [7, 11) is 3.72. The zero-order valence-corrected chi connectivity index (χ0v) is 18.0. The number of benzene rings is 1. The van der Waals surface area contributed by atoms with E-state index in [-0.39, 0.29) is 24.0 Å². The average Bonchev–Trinajstić information content (AvgIpc) is 3.33. The Morgan fingerprint density at radius 2 is 1.74 bits per heavy atom. The van der Waals surface area contributed by atoms with Crippen LogP contribution in [0.5, 0.6) is 0 Å². The fourth-order valence-corrected chi connectivity index (χ4v) is 2.71. The molecular formula is C19H26IN7. The van der Waals surface area contributed by atoms with Crippen LogP contribution in [0.15, 0.2) is 60.1 Å². The molecule has 0 aliphatic rings. The SMILES string of the molecule is CN=C(NCCc1ccc(-n2cccn2)cc1)NCCc1cnn(C)c1.I. The Morgan fingerprint density at radius 1 is 1.04 bits per heavy atom. The van der Waals surface area contributed by atoms with Crippen molar-refractivity contribution >= 4 is 29.9 Å². The Balaban J connectivity index is 0.00000261. The minimum atomic E-state index is 0. The Bertz CT molecular complexity index is 822. The van der Waals surface area contributed by atoms with E-state index >= 15 is 0 Å². The molecule has 0 atom stereocenters. The zero-order chi connectivity index (χ0) is 18.2. The minimum Gasteiger partial charge on any atom is -0.356 e. The van der Waals surface area contributed by atoms with Gasteiger partial charge in [0, 0.05) is 45.8 Å². The summed E-state index contributed by atoms with van der Waals surface area (Å²) in [6, 6.07) is 10.4. The molecule has 0 amide bonds. The summed E-state index contributed by atoms with van der Waals surface area (Å²) in [5.74, 6) is 0.821. The van der Waals surface area contributed by atoms with Gasteiger partial charge in [0.25, 0.3) is 0 Å². The van der Waals surface area contributed by atoms with Crippen LogP contribution in [0.3, 0.4) is 0 Å². The van der Waals surface area contributed by atoms with Crippen LogP contribution in [0.1, 0.15) is 11.1 Å². The summed E-state index contributed by atoms with van der Waals surface area (Å²) in [6.07, 6.45) is 9.50. The number of nitrogens with zero attached hydrogens (tertiary/aromatic N) is 5. The number of aromatic nitrogens is 4. The van der Waals surface area contributed by atoms with Gasteiger partial charge in [-0.15, -0.1) is 24.0 Å². The van der Waals surface area contributed by atoms with Gasteiger partial charge < -0.3 is 10.6 Å². The number of aryl methyl sites for hydroxylation is 1. The smallest absolute Gasteiger partial charge is 0.190 e. The van der Waals surface area contributed by atoms with E-state index < -0.39 is 0 Å². The second kappa shape index (κ2) is 10.7. The third kappa shape index (κ3) is 6.38. The van der Waals surface area contributed by atoms with Crippen molar-refractivity contribution < 1.29 is 0 Å². The number of aliphatic imine (C=N–C) groups is 1. The maximum absolute atomic E-state index is 4.27. The highest BCUT2D eigenvalue weighted by Gasteiger charge is 2.01. The highest BCUT2D eigenvalue weighted by Crippen LogP contribution is 2.08. The summed E-state index contributed by atoms with van der Waals surface area (Å²) >= 11 is 0. The quantitative estimate of drug-likeness (QED) is 0.310. The van der Waals surface area contributed by atoms with Gasteiger partial charge in [0.05, 0.1) is 11.9 Å². The lowest BCUT2D eigenvalue weighted by Crippen LogP contribution is -2.39. The Morgan fingerprint density at radius 3 is 2.30 bits per heavy atom. The van der Waals surface area contributed by atoms with Crippen molar-refractivity contribution in [3.05, 3.63) is 66.2 Å². The molecule has 3 rings (SSSR count). The van der Waals surface area contributed by atoms with Crippen LogP contribution in [0, 0.1) is 0 Å². The number of hydrogen-bond donors (Lipinski definition) is 2. The van der Waals surface area contributed by atoms with Gasteiger partial charge in [0.2, 0.25) is 0 Å². The van der Waals surface area contributed by atoms with Crippen LogP contribution in [0.4, 0.5) is 0 Å². The van der Waals surface area contributed by atoms with Crippen molar-refractivity contribution in [2.45, 2.75) is 12.8 Å². The van der Waals surface area contributed by atoms with E-state index in [1.165, 1.54) is 11.1 Å². The lowest BCUT2D eigenvalue weighted by Gasteiger charge is -2.11. The third-order valence-corrected chi connectivity index (χ3v) is 4.10. The minimum absolute atomic E-state index is 0. The molecule has 0 spiro atoms. The van der Waals surface area contributed by atoms with Crippen LogP contribution >= 0.6 is 24.0 Å². The van der Waals surface area contributed by atoms with E-state index in [1.54, 1.807) is 13.2 Å². The van der Waals surface area contributed by atoms with Crippen LogP contribution in [0.2, 0.25) is 0 Å². The summed E-state index contributed by atoms with van der Waals surface area (Å²) in [5, 5.41) is 15.1. The molecule has 27 heavy (non-hydrogen) atoms. The maximum atomic E-state index is 4.27. The van der Waals surface area contributed by atoms with E-state index in [1.807, 2.05) is 41.1 Å². The van der Waals surface area contributed by atoms with Gasteiger partial charge in [-0.1, -0.05) is 12.1 Å². The molecule has 0 aliphatic carbocycles. The van der Waals surface area contributed by atoms with Crippen molar-refractivity contribution in [1.82, 2.24) is 30.2 Å². The molecule has 0 fully saturated rings. The lowest BCUT2D eigenvalue weighted by atomic mass is 10.1. The molecule has 0 radical (unpaired) electrons. The van der Waals surface area contributed by atoms with Gasteiger partial charge in [-0.3, -0.25) is 9.67 Å². The molecule has 0 aliphatic heterocycles. The molecule has 7 nitrogen and oxygen atoms in total. The van der Waals surface area contributed by atoms with E-state index in [2.05, 4.69) is 50.1 Å². The zero-order valence-electron chi connectivity index (χ0n) is 15.7. The monoisotopic (exact) mass is 479 g/mol. The first-order valence-corrected chi connectivity index (χ1v) is 8.75. The fraction of sp³-hybridized carbons (Fsp3) is 0.316. The molecule has 8 heteroatoms. The van der Waals surface area contributed by atoms with Crippen LogP contribution in [0.25, 0.3) is 5.69 Å². The standard InChI is InChI=1S/C19H25N7.HI/c1-20-19(22-12-9-17-14-24-25(2)15-17)21-11-8-16-4-6-18(7-5-16)26-13-3-10-23-26;/h3-7,10,13-15H,8-9,11-12H2,1-2H3,(H2,20,21,22);1H. The number of hydrogen-bond acceptors (Lipinski definition) is 3. The second-order valence-corrected chi connectivity index (χ2v) is 6.07. The molecule has 0 saturated heterocycles. The predicted molar refractivity (Wildman–Crippen MR) is 119 cm³/mol. The summed E-state index contributed by atoms with van der Waals surface area (Å²) in [5.41, 5.74) is 3.56. The van der Waals surface area contributed by atoms with Crippen molar-refractivity contribution in [2.24, 2.45) is 12.0 Å². The van der Waals surface area contributed by atoms with Crippen molar-refractivity contribution in [2.75, 3.05) is 20.1 Å². The highest BCUT2D eigenvalue weighted by atomic mass is 127. The Kier molecular flexibility index (Phi) is 8.31. The third-order valence-electron chi connectivity index (χ3n) is 4.10. The van der Waals surface area contributed by atoms with Crippen molar-refractivity contribution in [1.29, 1.82) is 0 Å². The molecule has 0 saturated carbocycles. The van der Waals surface area contributed by atoms with E-state index in [9.17, 15) is 0 Å². The largest absolute Gasteiger partial charge is 0.356 e. The Labute approximate surface area is 176 Å². The normalized spacial score (nSPS) is 11.1. The fourth-order valence-electron chi connectivity index (χ4n) is 2.71. The van der Waals surface area contributed by atoms with Gasteiger partial charge in [-0.25, -0.2) is 4.68 Å². The first kappa shape index (κ1) is 20.9. The van der Waals surface area contributed by atoms with Gasteiger partial charge in [0.15, 0.2) is 5.96 Å². The number of rotatable bonds is 7. The van der Waals surface area contributed by atoms with Crippen molar-refractivity contribution in [3.63, 3.8) is 0 Å². The van der Waals surface area contributed by atoms with Gasteiger partial charge in [-0.2, -0.15) is 10.2 Å². The molecule has 144 valence electrons. The molecule has 2 heterocycles. The van der Waals surface area contributed by atoms with Crippen LogP contribution < -0.4 is 10.6 Å². The molecule has 0 unspecified atom stereocenters. The highest BCUT2D eigenvalue weighted by molar-refractivity contribution is 14.0. The van der Waals surface area contributed by atoms with Gasteiger partial charge in [0.1, 0.15) is 0 Å². The molecular weight excluding hydrogens is 453 g/mol. The van der Waals surface area contributed by atoms with E-state index in [0.717, 1.165) is 37.6 Å². The van der Waals surface area contributed by atoms with Crippen LogP contribution in [-0.2, 0) is 19.9 Å². The number of nitrogens with one attached hydrogen (secondary N) is 2. The molecule has 1 aromatic carbocycles. The summed E-state index contributed by atoms with van der Waals surface area (Å²) in [6.45, 7) is 1.65. The first-order chi connectivity index (χ1) is 12.7. The van der Waals surface area contributed by atoms with Crippen molar-refractivity contribution in [3.8, 4) is 5.69 Å². The van der Waals surface area contributed by atoms with Gasteiger partial charge >= 0.3 is 0 Å². The van der Waals surface area contributed by atoms with E-state index in [4.69, 9.17) is 0 Å². The Hall–Kier alpha value is -2.36. The maximum Gasteiger partial charge on any atom is 0.190 e. The average molecular weight is 479 g/mol. The summed E-state index contributed by atoms with van der Waals surface area (Å²) in [4.78, 5) is 4.27. The first-order valence-electron chi connectivity index (χ1n) is 8.75. The van der Waals surface area contributed by atoms with E-state index in [0.29, 0.717) is 0 Å². The second-order valence-electron chi connectivity index (χ2n) is 6.07. The van der Waals surface area contributed by atoms with Crippen LogP contribution in [-0.4, -0.2) is 45.7 Å². The summed E-state index contributed by atoms with van der Waals surface area (Å²) < 4.78 is 3.68. The topological polar surface area (TPSA) is 72.1 Å². The molecule has 0 bridgehead atoms.